The van der Waals surface area contributed by atoms with Crippen molar-refractivity contribution in [2.75, 3.05) is 26.7 Å². The lowest BCUT2D eigenvalue weighted by atomic mass is 10.0. The quantitative estimate of drug-likeness (QED) is 0.807. The average Bonchev–Trinajstić information content (AvgIpc) is 3.46. The van der Waals surface area contributed by atoms with E-state index in [9.17, 15) is 9.59 Å². The van der Waals surface area contributed by atoms with Crippen LogP contribution in [0.3, 0.4) is 0 Å². The van der Waals surface area contributed by atoms with E-state index in [2.05, 4.69) is 5.32 Å². The van der Waals surface area contributed by atoms with Crippen LogP contribution < -0.4 is 10.1 Å². The summed E-state index contributed by atoms with van der Waals surface area (Å²) in [5.74, 6) is 0.777. The van der Waals surface area contributed by atoms with Crippen molar-refractivity contribution in [2.45, 2.75) is 44.9 Å². The van der Waals surface area contributed by atoms with Crippen LogP contribution in [-0.2, 0) is 16.0 Å². The highest BCUT2D eigenvalue weighted by molar-refractivity contribution is 6.07. The second-order valence-electron chi connectivity index (χ2n) is 7.11. The molecule has 1 aromatic rings. The Balaban J connectivity index is 1.54. The van der Waals surface area contributed by atoms with Crippen molar-refractivity contribution in [1.29, 1.82) is 0 Å². The van der Waals surface area contributed by atoms with Crippen molar-refractivity contribution in [2.24, 2.45) is 5.41 Å². The van der Waals surface area contributed by atoms with Gasteiger partial charge in [0.05, 0.1) is 7.11 Å². The minimum atomic E-state index is -0.787. The Labute approximate surface area is 149 Å². The van der Waals surface area contributed by atoms with Crippen LogP contribution in [-0.4, -0.2) is 43.5 Å². The fourth-order valence-corrected chi connectivity index (χ4v) is 3.63. The maximum absolute atomic E-state index is 12.9. The Morgan fingerprint density at radius 2 is 1.80 bits per heavy atom. The number of nitrogens with one attached hydrogen (secondary N) is 1. The number of likely N-dealkylation sites (tertiary alicyclic amines) is 1. The molecule has 5 nitrogen and oxygen atoms in total. The minimum Gasteiger partial charge on any atom is -0.496 e. The summed E-state index contributed by atoms with van der Waals surface area (Å²) in [4.78, 5) is 27.4. The summed E-state index contributed by atoms with van der Waals surface area (Å²) in [5, 5.41) is 2.98. The summed E-state index contributed by atoms with van der Waals surface area (Å²) in [6, 6.07) is 7.81. The van der Waals surface area contributed by atoms with E-state index < -0.39 is 5.41 Å². The van der Waals surface area contributed by atoms with Gasteiger partial charge in [-0.25, -0.2) is 0 Å². The lowest BCUT2D eigenvalue weighted by molar-refractivity contribution is -0.144. The molecule has 0 aromatic heterocycles. The van der Waals surface area contributed by atoms with E-state index in [1.54, 1.807) is 7.11 Å². The topological polar surface area (TPSA) is 58.6 Å². The molecule has 0 unspecified atom stereocenters. The predicted molar refractivity (Wildman–Crippen MR) is 96.4 cm³/mol. The molecule has 1 N–H and O–H groups in total. The van der Waals surface area contributed by atoms with E-state index in [-0.39, 0.29) is 11.8 Å². The summed E-state index contributed by atoms with van der Waals surface area (Å²) in [6.07, 6.45) is 6.54. The average molecular weight is 344 g/mol. The lowest BCUT2D eigenvalue weighted by Gasteiger charge is -2.25. The van der Waals surface area contributed by atoms with E-state index in [0.29, 0.717) is 25.8 Å². The molecule has 1 aliphatic heterocycles. The Hall–Kier alpha value is -2.04. The SMILES string of the molecule is COc1ccccc1CCNC(=O)C1(C(=O)N2CCCCCC2)CC1. The van der Waals surface area contributed by atoms with Crippen LogP contribution in [0.25, 0.3) is 0 Å². The zero-order chi connectivity index (χ0) is 17.7. The van der Waals surface area contributed by atoms with Crippen molar-refractivity contribution >= 4 is 11.8 Å². The number of hydrogen-bond acceptors (Lipinski definition) is 3. The summed E-state index contributed by atoms with van der Waals surface area (Å²) in [5.41, 5.74) is 0.277. The molecule has 1 heterocycles. The molecule has 2 aliphatic rings. The van der Waals surface area contributed by atoms with Gasteiger partial charge in [-0.05, 0) is 43.7 Å². The van der Waals surface area contributed by atoms with E-state index in [1.807, 2.05) is 29.2 Å². The maximum atomic E-state index is 12.9. The Bertz CT molecular complexity index is 617. The summed E-state index contributed by atoms with van der Waals surface area (Å²) < 4.78 is 5.34. The van der Waals surface area contributed by atoms with Crippen molar-refractivity contribution in [1.82, 2.24) is 10.2 Å². The number of ether oxygens (including phenoxy) is 1. The van der Waals surface area contributed by atoms with Crippen LogP contribution in [0.2, 0.25) is 0 Å². The molecule has 1 saturated carbocycles. The number of carbonyl (C=O) groups is 2. The van der Waals surface area contributed by atoms with E-state index in [4.69, 9.17) is 4.74 Å². The standard InChI is InChI=1S/C20H28N2O3/c1-25-17-9-5-4-8-16(17)10-13-21-18(23)20(11-12-20)19(24)22-14-6-2-3-7-15-22/h4-5,8-9H,2-3,6-7,10-15H2,1H3,(H,21,23). The van der Waals surface area contributed by atoms with E-state index in [1.165, 1.54) is 12.8 Å². The molecule has 0 atom stereocenters. The molecule has 25 heavy (non-hydrogen) atoms. The highest BCUT2D eigenvalue weighted by Gasteiger charge is 2.57. The van der Waals surface area contributed by atoms with E-state index >= 15 is 0 Å². The first kappa shape index (κ1) is 17.8. The minimum absolute atomic E-state index is 0.0455. The molecule has 1 aromatic carbocycles. The van der Waals surface area contributed by atoms with Gasteiger partial charge in [-0.1, -0.05) is 31.0 Å². The lowest BCUT2D eigenvalue weighted by Crippen LogP contribution is -2.46. The third kappa shape index (κ3) is 3.97. The van der Waals surface area contributed by atoms with Gasteiger partial charge in [0.25, 0.3) is 0 Å². The second kappa shape index (κ2) is 7.89. The molecule has 0 radical (unpaired) electrons. The number of methoxy groups -OCH3 is 1. The number of rotatable bonds is 6. The molecule has 0 spiro atoms. The third-order valence-corrected chi connectivity index (χ3v) is 5.36. The predicted octanol–water partition coefficient (Wildman–Crippen LogP) is 2.54. The molecule has 1 saturated heterocycles. The molecular weight excluding hydrogens is 316 g/mol. The zero-order valence-corrected chi connectivity index (χ0v) is 15.1. The summed E-state index contributed by atoms with van der Waals surface area (Å²) >= 11 is 0. The first-order valence-corrected chi connectivity index (χ1v) is 9.37. The van der Waals surface area contributed by atoms with Gasteiger partial charge in [-0.2, -0.15) is 0 Å². The molecule has 5 heteroatoms. The van der Waals surface area contributed by atoms with Crippen molar-refractivity contribution in [3.63, 3.8) is 0 Å². The van der Waals surface area contributed by atoms with Crippen LogP contribution in [0.5, 0.6) is 5.75 Å². The molecule has 0 bridgehead atoms. The molecule has 136 valence electrons. The first-order valence-electron chi connectivity index (χ1n) is 9.37. The van der Waals surface area contributed by atoms with Crippen LogP contribution >= 0.6 is 0 Å². The molecule has 3 rings (SSSR count). The second-order valence-corrected chi connectivity index (χ2v) is 7.11. The van der Waals surface area contributed by atoms with Gasteiger partial charge in [-0.3, -0.25) is 9.59 Å². The van der Waals surface area contributed by atoms with Crippen LogP contribution in [0.1, 0.15) is 44.1 Å². The van der Waals surface area contributed by atoms with Crippen LogP contribution in [0, 0.1) is 5.41 Å². The Morgan fingerprint density at radius 1 is 1.12 bits per heavy atom. The largest absolute Gasteiger partial charge is 0.496 e. The molecule has 1 aliphatic carbocycles. The van der Waals surface area contributed by atoms with Gasteiger partial charge in [-0.15, -0.1) is 0 Å². The fraction of sp³-hybridized carbons (Fsp3) is 0.600. The zero-order valence-electron chi connectivity index (χ0n) is 15.1. The Kier molecular flexibility index (Phi) is 5.61. The van der Waals surface area contributed by atoms with Crippen molar-refractivity contribution < 1.29 is 14.3 Å². The summed E-state index contributed by atoms with van der Waals surface area (Å²) in [7, 11) is 1.65. The van der Waals surface area contributed by atoms with Gasteiger partial charge in [0.15, 0.2) is 0 Å². The van der Waals surface area contributed by atoms with Gasteiger partial charge in [0, 0.05) is 19.6 Å². The van der Waals surface area contributed by atoms with Gasteiger partial charge in [0.2, 0.25) is 11.8 Å². The number of amides is 2. The third-order valence-electron chi connectivity index (χ3n) is 5.36. The Morgan fingerprint density at radius 3 is 2.44 bits per heavy atom. The number of benzene rings is 1. The van der Waals surface area contributed by atoms with Gasteiger partial charge >= 0.3 is 0 Å². The van der Waals surface area contributed by atoms with Gasteiger partial charge in [0.1, 0.15) is 11.2 Å². The number of hydrogen-bond donors (Lipinski definition) is 1. The number of nitrogens with zero attached hydrogens (tertiary/aromatic N) is 1. The fourth-order valence-electron chi connectivity index (χ4n) is 3.63. The normalized spacial score (nSPS) is 19.0. The number of para-hydroxylation sites is 1. The van der Waals surface area contributed by atoms with Crippen molar-refractivity contribution in [3.8, 4) is 5.75 Å². The molecule has 2 amide bonds. The smallest absolute Gasteiger partial charge is 0.238 e. The summed E-state index contributed by atoms with van der Waals surface area (Å²) in [6.45, 7) is 2.12. The van der Waals surface area contributed by atoms with Crippen LogP contribution in [0.4, 0.5) is 0 Å². The number of carbonyl (C=O) groups excluding carboxylic acids is 2. The highest BCUT2D eigenvalue weighted by atomic mass is 16.5. The first-order chi connectivity index (χ1) is 12.2. The maximum Gasteiger partial charge on any atom is 0.238 e. The molecule has 2 fully saturated rings. The van der Waals surface area contributed by atoms with Crippen LogP contribution in [0.15, 0.2) is 24.3 Å². The van der Waals surface area contributed by atoms with E-state index in [0.717, 1.165) is 37.2 Å². The highest BCUT2D eigenvalue weighted by Crippen LogP contribution is 2.47. The van der Waals surface area contributed by atoms with Gasteiger partial charge < -0.3 is 15.0 Å². The monoisotopic (exact) mass is 344 g/mol. The molecular formula is C20H28N2O3. The van der Waals surface area contributed by atoms with Crippen molar-refractivity contribution in [3.05, 3.63) is 29.8 Å².